The molecule has 3 heteroatoms. The van der Waals surface area contributed by atoms with E-state index in [-0.39, 0.29) is 24.5 Å². The number of carbonyl (C=O) groups is 1. The lowest BCUT2D eigenvalue weighted by atomic mass is 9.82. The van der Waals surface area contributed by atoms with Crippen LogP contribution in [-0.2, 0) is 4.79 Å². The molecule has 1 unspecified atom stereocenters. The van der Waals surface area contributed by atoms with E-state index in [1.54, 1.807) is 0 Å². The van der Waals surface area contributed by atoms with Crippen molar-refractivity contribution in [1.29, 1.82) is 0 Å². The lowest BCUT2D eigenvalue weighted by molar-refractivity contribution is -0.127. The van der Waals surface area contributed by atoms with E-state index in [2.05, 4.69) is 12.2 Å². The SMILES string of the molecule is CC1CCC(C(=O)NC(CCO)c2ccccc2)CC1. The van der Waals surface area contributed by atoms with E-state index < -0.39 is 0 Å². The first-order valence-corrected chi connectivity index (χ1v) is 7.67. The molecule has 1 amide bonds. The van der Waals surface area contributed by atoms with Crippen molar-refractivity contribution < 1.29 is 9.90 Å². The second-order valence-electron chi connectivity index (χ2n) is 5.94. The van der Waals surface area contributed by atoms with Crippen LogP contribution in [-0.4, -0.2) is 17.6 Å². The standard InChI is InChI=1S/C17H25NO2/c1-13-7-9-15(10-8-13)17(20)18-16(11-12-19)14-5-3-2-4-6-14/h2-6,13,15-16,19H,7-12H2,1H3,(H,18,20). The Hall–Kier alpha value is -1.35. The zero-order valence-corrected chi connectivity index (χ0v) is 12.2. The Kier molecular flexibility index (Phi) is 5.60. The average Bonchev–Trinajstić information content (AvgIpc) is 2.48. The van der Waals surface area contributed by atoms with Crippen LogP contribution in [0.5, 0.6) is 0 Å². The molecular weight excluding hydrogens is 250 g/mol. The number of benzene rings is 1. The summed E-state index contributed by atoms with van der Waals surface area (Å²) in [6.07, 6.45) is 4.85. The van der Waals surface area contributed by atoms with Crippen molar-refractivity contribution in [2.45, 2.75) is 45.1 Å². The summed E-state index contributed by atoms with van der Waals surface area (Å²) in [6.45, 7) is 2.34. The Morgan fingerprint density at radius 1 is 1.25 bits per heavy atom. The van der Waals surface area contributed by atoms with E-state index in [9.17, 15) is 9.90 Å². The van der Waals surface area contributed by atoms with Gasteiger partial charge in [-0.1, -0.05) is 37.3 Å². The maximum Gasteiger partial charge on any atom is 0.223 e. The van der Waals surface area contributed by atoms with Crippen LogP contribution in [0.4, 0.5) is 0 Å². The average molecular weight is 275 g/mol. The van der Waals surface area contributed by atoms with Crippen LogP contribution < -0.4 is 5.32 Å². The number of hydrogen-bond donors (Lipinski definition) is 2. The van der Waals surface area contributed by atoms with Crippen molar-refractivity contribution in [3.8, 4) is 0 Å². The summed E-state index contributed by atoms with van der Waals surface area (Å²) < 4.78 is 0. The summed E-state index contributed by atoms with van der Waals surface area (Å²) in [5.41, 5.74) is 1.07. The molecule has 0 radical (unpaired) electrons. The molecule has 2 N–H and O–H groups in total. The van der Waals surface area contributed by atoms with Crippen LogP contribution in [0, 0.1) is 11.8 Å². The first kappa shape index (κ1) is 15.0. The van der Waals surface area contributed by atoms with Gasteiger partial charge in [0.2, 0.25) is 5.91 Å². The normalized spacial score (nSPS) is 24.1. The molecule has 3 nitrogen and oxygen atoms in total. The highest BCUT2D eigenvalue weighted by Crippen LogP contribution is 2.29. The summed E-state index contributed by atoms with van der Waals surface area (Å²) in [4.78, 5) is 12.4. The Morgan fingerprint density at radius 3 is 2.50 bits per heavy atom. The number of carbonyl (C=O) groups excluding carboxylic acids is 1. The molecule has 0 aliphatic heterocycles. The van der Waals surface area contributed by atoms with E-state index in [4.69, 9.17) is 0 Å². The van der Waals surface area contributed by atoms with E-state index >= 15 is 0 Å². The fraction of sp³-hybridized carbons (Fsp3) is 0.588. The molecule has 1 aromatic carbocycles. The van der Waals surface area contributed by atoms with E-state index in [0.717, 1.165) is 37.2 Å². The highest BCUT2D eigenvalue weighted by molar-refractivity contribution is 5.79. The molecular formula is C17H25NO2. The molecule has 0 saturated heterocycles. The van der Waals surface area contributed by atoms with Gasteiger partial charge in [-0.15, -0.1) is 0 Å². The second kappa shape index (κ2) is 7.44. The minimum absolute atomic E-state index is 0.0759. The van der Waals surface area contributed by atoms with Crippen molar-refractivity contribution in [1.82, 2.24) is 5.32 Å². The van der Waals surface area contributed by atoms with Gasteiger partial charge >= 0.3 is 0 Å². The molecule has 1 aliphatic rings. The van der Waals surface area contributed by atoms with Gasteiger partial charge in [-0.05, 0) is 43.6 Å². The fourth-order valence-corrected chi connectivity index (χ4v) is 2.95. The summed E-state index contributed by atoms with van der Waals surface area (Å²) >= 11 is 0. The van der Waals surface area contributed by atoms with Crippen LogP contribution in [0.15, 0.2) is 30.3 Å². The third kappa shape index (κ3) is 4.07. The maximum atomic E-state index is 12.4. The smallest absolute Gasteiger partial charge is 0.223 e. The zero-order chi connectivity index (χ0) is 14.4. The molecule has 0 heterocycles. The second-order valence-corrected chi connectivity index (χ2v) is 5.94. The highest BCUT2D eigenvalue weighted by Gasteiger charge is 2.26. The van der Waals surface area contributed by atoms with Gasteiger partial charge in [-0.3, -0.25) is 4.79 Å². The number of aliphatic hydroxyl groups excluding tert-OH is 1. The van der Waals surface area contributed by atoms with Crippen molar-refractivity contribution in [2.75, 3.05) is 6.61 Å². The predicted octanol–water partition coefficient (Wildman–Crippen LogP) is 3.05. The monoisotopic (exact) mass is 275 g/mol. The Morgan fingerprint density at radius 2 is 1.90 bits per heavy atom. The first-order valence-electron chi connectivity index (χ1n) is 7.67. The molecule has 20 heavy (non-hydrogen) atoms. The lowest BCUT2D eigenvalue weighted by Gasteiger charge is -2.27. The Labute approximate surface area is 121 Å². The van der Waals surface area contributed by atoms with Gasteiger partial charge < -0.3 is 10.4 Å². The predicted molar refractivity (Wildman–Crippen MR) is 80.2 cm³/mol. The van der Waals surface area contributed by atoms with E-state index in [0.29, 0.717) is 6.42 Å². The van der Waals surface area contributed by atoms with Gasteiger partial charge in [0.15, 0.2) is 0 Å². The molecule has 2 rings (SSSR count). The molecule has 0 spiro atoms. The molecule has 110 valence electrons. The quantitative estimate of drug-likeness (QED) is 0.867. The summed E-state index contributed by atoms with van der Waals surface area (Å²) in [5, 5.41) is 12.3. The molecule has 1 atom stereocenters. The third-order valence-electron chi connectivity index (χ3n) is 4.32. The largest absolute Gasteiger partial charge is 0.396 e. The van der Waals surface area contributed by atoms with Crippen molar-refractivity contribution in [3.63, 3.8) is 0 Å². The topological polar surface area (TPSA) is 49.3 Å². The van der Waals surface area contributed by atoms with Crippen LogP contribution in [0.1, 0.15) is 50.6 Å². The van der Waals surface area contributed by atoms with Crippen LogP contribution in [0.3, 0.4) is 0 Å². The number of amides is 1. The minimum atomic E-state index is -0.0759. The Bertz CT molecular complexity index is 410. The van der Waals surface area contributed by atoms with Crippen LogP contribution in [0.2, 0.25) is 0 Å². The molecule has 1 aliphatic carbocycles. The van der Waals surface area contributed by atoms with Crippen molar-refractivity contribution in [3.05, 3.63) is 35.9 Å². The molecule has 0 bridgehead atoms. The van der Waals surface area contributed by atoms with Crippen molar-refractivity contribution >= 4 is 5.91 Å². The number of aliphatic hydroxyl groups is 1. The summed E-state index contributed by atoms with van der Waals surface area (Å²) in [6, 6.07) is 9.83. The van der Waals surface area contributed by atoms with Gasteiger partial charge in [-0.25, -0.2) is 0 Å². The van der Waals surface area contributed by atoms with E-state index in [1.807, 2.05) is 30.3 Å². The zero-order valence-electron chi connectivity index (χ0n) is 12.2. The number of nitrogens with one attached hydrogen (secondary N) is 1. The summed E-state index contributed by atoms with van der Waals surface area (Å²) in [7, 11) is 0. The van der Waals surface area contributed by atoms with Gasteiger partial charge in [0, 0.05) is 12.5 Å². The van der Waals surface area contributed by atoms with Gasteiger partial charge in [0.25, 0.3) is 0 Å². The van der Waals surface area contributed by atoms with Crippen LogP contribution in [0.25, 0.3) is 0 Å². The van der Waals surface area contributed by atoms with Gasteiger partial charge in [0.05, 0.1) is 6.04 Å². The van der Waals surface area contributed by atoms with Gasteiger partial charge in [-0.2, -0.15) is 0 Å². The fourth-order valence-electron chi connectivity index (χ4n) is 2.95. The van der Waals surface area contributed by atoms with Crippen LogP contribution >= 0.6 is 0 Å². The number of rotatable bonds is 5. The molecule has 1 fully saturated rings. The number of hydrogen-bond acceptors (Lipinski definition) is 2. The first-order chi connectivity index (χ1) is 9.70. The summed E-state index contributed by atoms with van der Waals surface area (Å²) in [5.74, 6) is 1.05. The molecule has 0 aromatic heterocycles. The lowest BCUT2D eigenvalue weighted by Crippen LogP contribution is -2.36. The third-order valence-corrected chi connectivity index (χ3v) is 4.32. The van der Waals surface area contributed by atoms with E-state index in [1.165, 1.54) is 0 Å². The van der Waals surface area contributed by atoms with Crippen molar-refractivity contribution in [2.24, 2.45) is 11.8 Å². The minimum Gasteiger partial charge on any atom is -0.396 e. The maximum absolute atomic E-state index is 12.4. The molecule has 1 aromatic rings. The Balaban J connectivity index is 1.96. The van der Waals surface area contributed by atoms with Gasteiger partial charge in [0.1, 0.15) is 0 Å². The molecule has 1 saturated carbocycles. The highest BCUT2D eigenvalue weighted by atomic mass is 16.3.